The van der Waals surface area contributed by atoms with Crippen molar-refractivity contribution < 1.29 is 26.2 Å². The SMILES string of the molecule is CC(C)c1cc(-c2nc(-c3[c-]c(N(c4cccc5ccccc45)c4nccc5ccccc45)ccc3)ccc2-c2ccccc2)c(O)c(C(C)C)c1.[Pt]. The molecule has 0 saturated heterocycles. The molecule has 0 spiro atoms. The second kappa shape index (κ2) is 15.2. The van der Waals surface area contributed by atoms with Gasteiger partial charge in [0, 0.05) is 49.2 Å². The number of hydrogen-bond donors (Lipinski definition) is 1. The van der Waals surface area contributed by atoms with Crippen molar-refractivity contribution in [3.05, 3.63) is 169 Å². The van der Waals surface area contributed by atoms with Crippen LogP contribution in [0, 0.1) is 6.07 Å². The molecule has 0 aliphatic heterocycles. The van der Waals surface area contributed by atoms with Crippen LogP contribution in [0.1, 0.15) is 50.7 Å². The predicted octanol–water partition coefficient (Wildman–Crippen LogP) is 13.0. The van der Waals surface area contributed by atoms with Gasteiger partial charge in [-0.15, -0.1) is 29.8 Å². The molecular weight excluding hydrogens is 830 g/mol. The first-order chi connectivity index (χ1) is 25.4. The third kappa shape index (κ3) is 6.88. The number of phenols is 1. The van der Waals surface area contributed by atoms with Crippen LogP contribution in [0.15, 0.2) is 152 Å². The van der Waals surface area contributed by atoms with E-state index >= 15 is 0 Å². The molecule has 0 aliphatic carbocycles. The molecule has 264 valence electrons. The average molecular weight is 870 g/mol. The minimum absolute atomic E-state index is 0. The van der Waals surface area contributed by atoms with E-state index < -0.39 is 0 Å². The first-order valence-electron chi connectivity index (χ1n) is 18.0. The molecule has 2 aromatic heterocycles. The number of nitrogens with zero attached hydrogens (tertiary/aromatic N) is 3. The number of aromatic nitrogens is 2. The van der Waals surface area contributed by atoms with Gasteiger partial charge in [0.05, 0.1) is 11.4 Å². The molecule has 6 aromatic carbocycles. The molecule has 2 heterocycles. The van der Waals surface area contributed by atoms with Gasteiger partial charge in [0.1, 0.15) is 11.6 Å². The molecule has 1 N–H and O–H groups in total. The molecule has 0 atom stereocenters. The summed E-state index contributed by atoms with van der Waals surface area (Å²) in [5.74, 6) is 1.54. The fraction of sp³-hybridized carbons (Fsp3) is 0.125. The van der Waals surface area contributed by atoms with E-state index in [9.17, 15) is 5.11 Å². The van der Waals surface area contributed by atoms with Crippen molar-refractivity contribution in [2.45, 2.75) is 39.5 Å². The van der Waals surface area contributed by atoms with Gasteiger partial charge in [-0.2, -0.15) is 0 Å². The van der Waals surface area contributed by atoms with Crippen LogP contribution < -0.4 is 4.90 Å². The molecule has 0 unspecified atom stereocenters. The maximum absolute atomic E-state index is 11.8. The number of phenolic OH excluding ortho intramolecular Hbond substituents is 1. The fourth-order valence-electron chi connectivity index (χ4n) is 7.08. The largest absolute Gasteiger partial charge is 0.507 e. The normalized spacial score (nSPS) is 11.3. The second-order valence-electron chi connectivity index (χ2n) is 13.9. The Kier molecular flexibility index (Phi) is 10.3. The van der Waals surface area contributed by atoms with Crippen LogP contribution in [-0.2, 0) is 21.1 Å². The number of benzene rings is 6. The third-order valence-electron chi connectivity index (χ3n) is 9.85. The molecular formula is C48H40N3OPt-. The first-order valence-corrected chi connectivity index (χ1v) is 18.0. The summed E-state index contributed by atoms with van der Waals surface area (Å²) in [5, 5.41) is 16.3. The van der Waals surface area contributed by atoms with E-state index in [0.717, 1.165) is 77.9 Å². The molecule has 5 heteroatoms. The second-order valence-corrected chi connectivity index (χ2v) is 13.9. The summed E-state index contributed by atoms with van der Waals surface area (Å²) in [4.78, 5) is 12.6. The summed E-state index contributed by atoms with van der Waals surface area (Å²) < 4.78 is 0. The van der Waals surface area contributed by atoms with Crippen LogP contribution in [0.5, 0.6) is 5.75 Å². The van der Waals surface area contributed by atoms with Gasteiger partial charge >= 0.3 is 0 Å². The van der Waals surface area contributed by atoms with Crippen LogP contribution in [0.25, 0.3) is 55.2 Å². The van der Waals surface area contributed by atoms with Crippen molar-refractivity contribution in [1.29, 1.82) is 0 Å². The zero-order chi connectivity index (χ0) is 35.8. The zero-order valence-corrected chi connectivity index (χ0v) is 32.5. The van der Waals surface area contributed by atoms with Gasteiger partial charge in [-0.3, -0.25) is 4.98 Å². The fourth-order valence-corrected chi connectivity index (χ4v) is 7.08. The molecule has 0 fully saturated rings. The minimum atomic E-state index is 0. The molecule has 0 aliphatic rings. The molecule has 8 rings (SSSR count). The summed E-state index contributed by atoms with van der Waals surface area (Å²) in [7, 11) is 0. The number of anilines is 3. The minimum Gasteiger partial charge on any atom is -0.507 e. The number of fused-ring (bicyclic) bond motifs is 2. The van der Waals surface area contributed by atoms with E-state index in [-0.39, 0.29) is 38.7 Å². The van der Waals surface area contributed by atoms with Crippen LogP contribution in [0.3, 0.4) is 0 Å². The van der Waals surface area contributed by atoms with E-state index in [1.165, 1.54) is 5.56 Å². The van der Waals surface area contributed by atoms with Gasteiger partial charge in [0.25, 0.3) is 0 Å². The molecule has 8 aromatic rings. The van der Waals surface area contributed by atoms with Crippen molar-refractivity contribution in [1.82, 2.24) is 9.97 Å². The molecule has 0 amide bonds. The monoisotopic (exact) mass is 869 g/mol. The van der Waals surface area contributed by atoms with Crippen molar-refractivity contribution in [3.8, 4) is 39.4 Å². The quantitative estimate of drug-likeness (QED) is 0.155. The Morgan fingerprint density at radius 3 is 2.06 bits per heavy atom. The number of pyridine rings is 2. The van der Waals surface area contributed by atoms with Gasteiger partial charge in [-0.1, -0.05) is 137 Å². The van der Waals surface area contributed by atoms with Crippen molar-refractivity contribution in [2.75, 3.05) is 4.90 Å². The van der Waals surface area contributed by atoms with Crippen LogP contribution >= 0.6 is 0 Å². The first kappa shape index (κ1) is 35.8. The smallest absolute Gasteiger partial charge is 0.144 e. The molecule has 4 nitrogen and oxygen atoms in total. The van der Waals surface area contributed by atoms with E-state index in [4.69, 9.17) is 9.97 Å². The Balaban J connectivity index is 0.00000435. The number of rotatable bonds is 8. The summed E-state index contributed by atoms with van der Waals surface area (Å²) in [5.41, 5.74) is 9.05. The standard InChI is InChI=1S/C48H40N3O.Pt/c1-31(2)37-29-42(32(3)4)47(52)43(30-37)46-40(34-14-6-5-7-15-34)24-25-44(50-46)36-19-12-20-38(28-36)51(45-23-13-18-33-16-8-10-21-39(33)45)48-41-22-11-9-17-35(41)26-27-49-48;/h5-27,29-32,52H,1-4H3;/q-1;. The Hall–Kier alpha value is -5.57. The van der Waals surface area contributed by atoms with Gasteiger partial charge in [0.15, 0.2) is 0 Å². The van der Waals surface area contributed by atoms with E-state index in [1.807, 2.05) is 30.5 Å². The van der Waals surface area contributed by atoms with Crippen molar-refractivity contribution in [2.24, 2.45) is 0 Å². The Morgan fingerprint density at radius 1 is 0.623 bits per heavy atom. The summed E-state index contributed by atoms with van der Waals surface area (Å²) in [6.07, 6.45) is 1.87. The van der Waals surface area contributed by atoms with Gasteiger partial charge in [-0.25, -0.2) is 4.98 Å². The summed E-state index contributed by atoms with van der Waals surface area (Å²) in [6, 6.07) is 53.9. The summed E-state index contributed by atoms with van der Waals surface area (Å²) in [6.45, 7) is 8.63. The third-order valence-corrected chi connectivity index (χ3v) is 9.85. The van der Waals surface area contributed by atoms with Gasteiger partial charge in [0.2, 0.25) is 0 Å². The summed E-state index contributed by atoms with van der Waals surface area (Å²) >= 11 is 0. The molecule has 0 radical (unpaired) electrons. The van der Waals surface area contributed by atoms with Gasteiger partial charge in [-0.05, 0) is 68.9 Å². The van der Waals surface area contributed by atoms with Crippen LogP contribution in [0.2, 0.25) is 0 Å². The van der Waals surface area contributed by atoms with E-state index in [1.54, 1.807) is 0 Å². The number of aromatic hydroxyl groups is 1. The Bertz CT molecular complexity index is 2470. The van der Waals surface area contributed by atoms with Crippen molar-refractivity contribution in [3.63, 3.8) is 0 Å². The Morgan fingerprint density at radius 2 is 1.30 bits per heavy atom. The molecule has 0 saturated carbocycles. The topological polar surface area (TPSA) is 49.2 Å². The zero-order valence-electron chi connectivity index (χ0n) is 30.2. The van der Waals surface area contributed by atoms with Crippen LogP contribution in [-0.4, -0.2) is 15.1 Å². The predicted molar refractivity (Wildman–Crippen MR) is 217 cm³/mol. The molecule has 0 bridgehead atoms. The Labute approximate surface area is 326 Å². The average Bonchev–Trinajstić information content (AvgIpc) is 3.18. The van der Waals surface area contributed by atoms with Crippen molar-refractivity contribution >= 4 is 38.7 Å². The van der Waals surface area contributed by atoms with E-state index in [2.05, 4.69) is 160 Å². The van der Waals surface area contributed by atoms with Gasteiger partial charge < -0.3 is 10.0 Å². The van der Waals surface area contributed by atoms with E-state index in [0.29, 0.717) is 0 Å². The number of hydrogen-bond acceptors (Lipinski definition) is 4. The van der Waals surface area contributed by atoms with Crippen LogP contribution in [0.4, 0.5) is 17.2 Å². The molecule has 53 heavy (non-hydrogen) atoms. The maximum atomic E-state index is 11.8. The maximum Gasteiger partial charge on any atom is 0.144 e.